The fourth-order valence-electron chi connectivity index (χ4n) is 1.97. The minimum Gasteiger partial charge on any atom is -0.425 e. The normalized spacial score (nSPS) is 11.4. The van der Waals surface area contributed by atoms with Crippen LogP contribution in [0.15, 0.2) is 17.1 Å². The molecule has 3 aromatic rings. The van der Waals surface area contributed by atoms with E-state index in [0.717, 1.165) is 0 Å². The molecule has 0 aromatic carbocycles. The van der Waals surface area contributed by atoms with Crippen LogP contribution in [0.1, 0.15) is 18.4 Å². The zero-order valence-electron chi connectivity index (χ0n) is 9.95. The Bertz CT molecular complexity index is 818. The number of nitrogens with zero attached hydrogens (tertiary/aromatic N) is 5. The standard InChI is InChI=1S/C11H11N5O2/c1-3-8-13-11-12-6(2)9-7(16(11)14-8)4-5-15(18)10(9)17/h4-5,18H,3H2,1-2H3. The summed E-state index contributed by atoms with van der Waals surface area (Å²) in [5.41, 5.74) is 0.619. The topological polar surface area (TPSA) is 85.3 Å². The van der Waals surface area contributed by atoms with Crippen LogP contribution in [0.4, 0.5) is 0 Å². The summed E-state index contributed by atoms with van der Waals surface area (Å²) in [4.78, 5) is 20.4. The Balaban J connectivity index is 2.58. The molecule has 7 nitrogen and oxygen atoms in total. The second-order valence-electron chi connectivity index (χ2n) is 4.02. The molecular formula is C11H11N5O2. The summed E-state index contributed by atoms with van der Waals surface area (Å²) in [6.45, 7) is 3.66. The molecule has 0 unspecified atom stereocenters. The average Bonchev–Trinajstić information content (AvgIpc) is 2.76. The van der Waals surface area contributed by atoms with Crippen LogP contribution in [-0.2, 0) is 6.42 Å². The third-order valence-corrected chi connectivity index (χ3v) is 2.86. The zero-order valence-corrected chi connectivity index (χ0v) is 9.95. The monoisotopic (exact) mass is 245 g/mol. The van der Waals surface area contributed by atoms with Crippen LogP contribution < -0.4 is 5.56 Å². The van der Waals surface area contributed by atoms with Gasteiger partial charge in [0.05, 0.1) is 16.6 Å². The molecule has 0 fully saturated rings. The van der Waals surface area contributed by atoms with Gasteiger partial charge in [-0.05, 0) is 13.0 Å². The summed E-state index contributed by atoms with van der Waals surface area (Å²) >= 11 is 0. The molecule has 0 spiro atoms. The van der Waals surface area contributed by atoms with Gasteiger partial charge >= 0.3 is 0 Å². The van der Waals surface area contributed by atoms with E-state index >= 15 is 0 Å². The van der Waals surface area contributed by atoms with Gasteiger partial charge in [0.2, 0.25) is 0 Å². The van der Waals surface area contributed by atoms with Crippen molar-refractivity contribution >= 4 is 16.7 Å². The molecule has 3 aromatic heterocycles. The van der Waals surface area contributed by atoms with Crippen LogP contribution in [-0.4, -0.2) is 29.5 Å². The number of rotatable bonds is 1. The van der Waals surface area contributed by atoms with Gasteiger partial charge in [0.25, 0.3) is 11.3 Å². The van der Waals surface area contributed by atoms with Crippen molar-refractivity contribution in [3.05, 3.63) is 34.1 Å². The molecule has 7 heteroatoms. The third kappa shape index (κ3) is 1.30. The lowest BCUT2D eigenvalue weighted by molar-refractivity contribution is 0.176. The summed E-state index contributed by atoms with van der Waals surface area (Å²) < 4.78 is 2.07. The van der Waals surface area contributed by atoms with Gasteiger partial charge in [-0.15, -0.1) is 5.10 Å². The lowest BCUT2D eigenvalue weighted by atomic mass is 10.2. The first kappa shape index (κ1) is 10.7. The molecule has 0 saturated carbocycles. The van der Waals surface area contributed by atoms with Gasteiger partial charge in [-0.3, -0.25) is 4.79 Å². The van der Waals surface area contributed by atoms with E-state index in [-0.39, 0.29) is 0 Å². The van der Waals surface area contributed by atoms with Crippen LogP contribution in [0, 0.1) is 6.92 Å². The van der Waals surface area contributed by atoms with E-state index in [1.165, 1.54) is 10.7 Å². The average molecular weight is 245 g/mol. The maximum Gasteiger partial charge on any atom is 0.294 e. The fraction of sp³-hybridized carbons (Fsp3) is 0.273. The Hall–Kier alpha value is -2.44. The molecule has 0 bridgehead atoms. The Morgan fingerprint density at radius 2 is 2.17 bits per heavy atom. The Kier molecular flexibility index (Phi) is 2.09. The van der Waals surface area contributed by atoms with Crippen molar-refractivity contribution in [2.45, 2.75) is 20.3 Å². The van der Waals surface area contributed by atoms with Crippen molar-refractivity contribution in [2.75, 3.05) is 0 Å². The summed E-state index contributed by atoms with van der Waals surface area (Å²) in [7, 11) is 0. The van der Waals surface area contributed by atoms with E-state index in [0.29, 0.717) is 39.4 Å². The highest BCUT2D eigenvalue weighted by atomic mass is 16.5. The molecule has 0 saturated heterocycles. The fourth-order valence-corrected chi connectivity index (χ4v) is 1.97. The highest BCUT2D eigenvalue weighted by Gasteiger charge is 2.13. The summed E-state index contributed by atoms with van der Waals surface area (Å²) in [6.07, 6.45) is 1.98. The SMILES string of the molecule is CCc1nc2nc(C)c3c(=O)n(O)ccc3n2n1. The first-order chi connectivity index (χ1) is 8.61. The lowest BCUT2D eigenvalue weighted by Crippen LogP contribution is -2.19. The van der Waals surface area contributed by atoms with E-state index in [4.69, 9.17) is 0 Å². The molecule has 18 heavy (non-hydrogen) atoms. The van der Waals surface area contributed by atoms with Crippen molar-refractivity contribution < 1.29 is 5.21 Å². The molecule has 1 N–H and O–H groups in total. The van der Waals surface area contributed by atoms with Crippen molar-refractivity contribution in [3.8, 4) is 0 Å². The zero-order chi connectivity index (χ0) is 12.9. The molecular weight excluding hydrogens is 234 g/mol. The first-order valence-electron chi connectivity index (χ1n) is 5.58. The van der Waals surface area contributed by atoms with Gasteiger partial charge in [-0.1, -0.05) is 6.92 Å². The van der Waals surface area contributed by atoms with Crippen LogP contribution in [0.5, 0.6) is 0 Å². The second-order valence-corrected chi connectivity index (χ2v) is 4.02. The molecule has 0 aliphatic rings. The van der Waals surface area contributed by atoms with E-state index in [1.807, 2.05) is 6.92 Å². The van der Waals surface area contributed by atoms with Gasteiger partial charge < -0.3 is 5.21 Å². The maximum absolute atomic E-state index is 11.9. The number of hydrogen-bond donors (Lipinski definition) is 1. The van der Waals surface area contributed by atoms with E-state index in [1.54, 1.807) is 13.0 Å². The minimum absolute atomic E-state index is 0.347. The molecule has 92 valence electrons. The predicted octanol–water partition coefficient (Wildman–Crippen LogP) is 0.547. The minimum atomic E-state index is -0.507. The molecule has 3 heterocycles. The van der Waals surface area contributed by atoms with E-state index in [2.05, 4.69) is 15.1 Å². The number of hydrogen-bond acceptors (Lipinski definition) is 5. The van der Waals surface area contributed by atoms with Crippen molar-refractivity contribution in [1.29, 1.82) is 0 Å². The number of fused-ring (bicyclic) bond motifs is 3. The number of aryl methyl sites for hydroxylation is 2. The van der Waals surface area contributed by atoms with E-state index < -0.39 is 5.56 Å². The molecule has 0 radical (unpaired) electrons. The smallest absolute Gasteiger partial charge is 0.294 e. The Labute approximate surface area is 101 Å². The molecule has 0 aliphatic carbocycles. The summed E-state index contributed by atoms with van der Waals surface area (Å²) in [5.74, 6) is 1.13. The maximum atomic E-state index is 11.9. The first-order valence-corrected chi connectivity index (χ1v) is 5.58. The van der Waals surface area contributed by atoms with Gasteiger partial charge in [0, 0.05) is 12.6 Å². The largest absolute Gasteiger partial charge is 0.425 e. The highest BCUT2D eigenvalue weighted by Crippen LogP contribution is 2.14. The van der Waals surface area contributed by atoms with Gasteiger partial charge in [-0.25, -0.2) is 4.98 Å². The summed E-state index contributed by atoms with van der Waals surface area (Å²) in [6, 6.07) is 1.62. The van der Waals surface area contributed by atoms with Crippen molar-refractivity contribution in [3.63, 3.8) is 0 Å². The summed E-state index contributed by atoms with van der Waals surface area (Å²) in [5, 5.41) is 14.0. The van der Waals surface area contributed by atoms with Gasteiger partial charge in [0.15, 0.2) is 5.82 Å². The number of aromatic nitrogens is 5. The molecule has 0 amide bonds. The molecule has 3 rings (SSSR count). The predicted molar refractivity (Wildman–Crippen MR) is 63.8 cm³/mol. The van der Waals surface area contributed by atoms with Crippen LogP contribution in [0.2, 0.25) is 0 Å². The molecule has 0 atom stereocenters. The van der Waals surface area contributed by atoms with E-state index in [9.17, 15) is 10.0 Å². The molecule has 0 aliphatic heterocycles. The van der Waals surface area contributed by atoms with Crippen molar-refractivity contribution in [2.24, 2.45) is 0 Å². The Morgan fingerprint density at radius 3 is 2.89 bits per heavy atom. The van der Waals surface area contributed by atoms with Gasteiger partial charge in [0.1, 0.15) is 0 Å². The van der Waals surface area contributed by atoms with Crippen LogP contribution in [0.3, 0.4) is 0 Å². The van der Waals surface area contributed by atoms with Crippen LogP contribution in [0.25, 0.3) is 16.7 Å². The number of pyridine rings is 1. The third-order valence-electron chi connectivity index (χ3n) is 2.86. The highest BCUT2D eigenvalue weighted by molar-refractivity contribution is 5.81. The second kappa shape index (κ2) is 3.52. The van der Waals surface area contributed by atoms with Crippen molar-refractivity contribution in [1.82, 2.24) is 24.3 Å². The van der Waals surface area contributed by atoms with Crippen LogP contribution >= 0.6 is 0 Å². The quantitative estimate of drug-likeness (QED) is 0.633. The Morgan fingerprint density at radius 1 is 1.39 bits per heavy atom. The van der Waals surface area contributed by atoms with Gasteiger partial charge in [-0.2, -0.15) is 14.2 Å². The lowest BCUT2D eigenvalue weighted by Gasteiger charge is -2.03.